The minimum Gasteiger partial charge on any atom is -0.310 e. The molecular weight excluding hydrogens is 821 g/mol. The molecule has 0 N–H and O–H groups in total. The molecule has 11 aromatic carbocycles. The summed E-state index contributed by atoms with van der Waals surface area (Å²) in [5, 5.41) is 2.49. The van der Waals surface area contributed by atoms with E-state index in [2.05, 4.69) is 289 Å². The van der Waals surface area contributed by atoms with E-state index in [0.29, 0.717) is 0 Å². The van der Waals surface area contributed by atoms with Gasteiger partial charge in [-0.05, 0) is 104 Å². The van der Waals surface area contributed by atoms with E-state index in [0.717, 1.165) is 56.1 Å². The lowest BCUT2D eigenvalue weighted by molar-refractivity contribution is 1.18. The summed E-state index contributed by atoms with van der Waals surface area (Å²) in [5.74, 6) is 0. The predicted molar refractivity (Wildman–Crippen MR) is 288 cm³/mol. The first-order chi connectivity index (χ1) is 33.7. The SMILES string of the molecule is c1ccc(-c2ccc(-c3ccc(N(c4ccc(-c5ccccc5-n5c6ccccc6c6ccccc65)c(-c5ccc(-c6ccccc6)cc5)c4)c4ccccc4-c4ccccc4)cc3)cc2)cc1. The maximum Gasteiger partial charge on any atom is 0.0541 e. The van der Waals surface area contributed by atoms with Crippen molar-refractivity contribution < 1.29 is 0 Å². The first-order valence-corrected chi connectivity index (χ1v) is 23.3. The normalized spacial score (nSPS) is 11.2. The van der Waals surface area contributed by atoms with Crippen LogP contribution in [0, 0.1) is 0 Å². The summed E-state index contributed by atoms with van der Waals surface area (Å²) in [6, 6.07) is 101. The van der Waals surface area contributed by atoms with Gasteiger partial charge in [0.25, 0.3) is 0 Å². The Morgan fingerprint density at radius 3 is 1.18 bits per heavy atom. The summed E-state index contributed by atoms with van der Waals surface area (Å²) in [6.45, 7) is 0. The van der Waals surface area contributed by atoms with E-state index < -0.39 is 0 Å². The first-order valence-electron chi connectivity index (χ1n) is 23.3. The van der Waals surface area contributed by atoms with E-state index in [1.54, 1.807) is 0 Å². The van der Waals surface area contributed by atoms with Gasteiger partial charge in [0.05, 0.1) is 22.4 Å². The fraction of sp³-hybridized carbons (Fsp3) is 0. The number of benzene rings is 11. The van der Waals surface area contributed by atoms with Gasteiger partial charge in [0.2, 0.25) is 0 Å². The molecule has 12 aromatic rings. The summed E-state index contributed by atoms with van der Waals surface area (Å²) in [4.78, 5) is 2.43. The number of anilines is 3. The fourth-order valence-corrected chi connectivity index (χ4v) is 9.94. The highest BCUT2D eigenvalue weighted by Crippen LogP contribution is 2.46. The number of fused-ring (bicyclic) bond motifs is 3. The highest BCUT2D eigenvalue weighted by Gasteiger charge is 2.22. The van der Waals surface area contributed by atoms with Crippen molar-refractivity contribution in [2.45, 2.75) is 0 Å². The molecule has 0 saturated heterocycles. The molecule has 0 amide bonds. The Balaban J connectivity index is 1.04. The average Bonchev–Trinajstić information content (AvgIpc) is 3.76. The molecule has 1 heterocycles. The minimum atomic E-state index is 1.06. The summed E-state index contributed by atoms with van der Waals surface area (Å²) in [7, 11) is 0. The molecule has 2 heteroatoms. The third-order valence-corrected chi connectivity index (χ3v) is 13.3. The fourth-order valence-electron chi connectivity index (χ4n) is 9.94. The lowest BCUT2D eigenvalue weighted by atomic mass is 9.91. The molecule has 0 bridgehead atoms. The van der Waals surface area contributed by atoms with Crippen LogP contribution in [-0.2, 0) is 0 Å². The Morgan fingerprint density at radius 1 is 0.235 bits per heavy atom. The second kappa shape index (κ2) is 17.8. The Kier molecular flexibility index (Phi) is 10.6. The van der Waals surface area contributed by atoms with Crippen LogP contribution in [0.4, 0.5) is 17.1 Å². The summed E-state index contributed by atoms with van der Waals surface area (Å²) in [5.41, 5.74) is 20.8. The van der Waals surface area contributed by atoms with Gasteiger partial charge >= 0.3 is 0 Å². The zero-order chi connectivity index (χ0) is 45.2. The number of hydrogen-bond acceptors (Lipinski definition) is 1. The highest BCUT2D eigenvalue weighted by molar-refractivity contribution is 6.10. The standard InChI is InChI=1S/C66H46N2/c1-4-18-47(19-5-1)49-32-34-51(35-33-49)52-40-42-55(43-41-52)67(63-28-14-10-24-57(63)53-22-8-3-9-23-53)56-44-45-58(62(46-56)54-38-36-50(37-39-54)48-20-6-2-7-21-48)59-25-11-15-29-64(59)68-65-30-16-12-26-60(65)61-27-13-17-31-66(61)68/h1-46H. The first kappa shape index (κ1) is 40.5. The number of rotatable bonds is 10. The molecule has 0 fully saturated rings. The molecular formula is C66H46N2. The maximum atomic E-state index is 2.44. The van der Waals surface area contributed by atoms with Crippen LogP contribution < -0.4 is 4.90 Å². The third kappa shape index (κ3) is 7.54. The van der Waals surface area contributed by atoms with E-state index in [-0.39, 0.29) is 0 Å². The van der Waals surface area contributed by atoms with Crippen LogP contribution in [0.15, 0.2) is 279 Å². The molecule has 0 aliphatic rings. The van der Waals surface area contributed by atoms with Gasteiger partial charge in [-0.25, -0.2) is 0 Å². The lowest BCUT2D eigenvalue weighted by Gasteiger charge is -2.29. The van der Waals surface area contributed by atoms with Crippen molar-refractivity contribution >= 4 is 38.9 Å². The smallest absolute Gasteiger partial charge is 0.0541 e. The van der Waals surface area contributed by atoms with Gasteiger partial charge in [0, 0.05) is 33.3 Å². The van der Waals surface area contributed by atoms with Crippen LogP contribution in [-0.4, -0.2) is 4.57 Å². The molecule has 0 aliphatic heterocycles. The Morgan fingerprint density at radius 2 is 0.618 bits per heavy atom. The van der Waals surface area contributed by atoms with Gasteiger partial charge in [0.1, 0.15) is 0 Å². The zero-order valence-corrected chi connectivity index (χ0v) is 37.5. The quantitative estimate of drug-likeness (QED) is 0.133. The van der Waals surface area contributed by atoms with E-state index in [4.69, 9.17) is 0 Å². The molecule has 0 atom stereocenters. The monoisotopic (exact) mass is 866 g/mol. The second-order valence-electron chi connectivity index (χ2n) is 17.3. The van der Waals surface area contributed by atoms with Crippen molar-refractivity contribution in [2.24, 2.45) is 0 Å². The van der Waals surface area contributed by atoms with E-state index >= 15 is 0 Å². The number of nitrogens with zero attached hydrogens (tertiary/aromatic N) is 2. The molecule has 1 aromatic heterocycles. The Labute approximate surface area is 397 Å². The molecule has 0 radical (unpaired) electrons. The number of para-hydroxylation sites is 4. The van der Waals surface area contributed by atoms with Gasteiger partial charge < -0.3 is 9.47 Å². The van der Waals surface area contributed by atoms with Crippen molar-refractivity contribution in [3.8, 4) is 72.4 Å². The van der Waals surface area contributed by atoms with E-state index in [1.807, 2.05) is 0 Å². The third-order valence-electron chi connectivity index (χ3n) is 13.3. The number of aromatic nitrogens is 1. The topological polar surface area (TPSA) is 8.17 Å². The lowest BCUT2D eigenvalue weighted by Crippen LogP contribution is -2.11. The van der Waals surface area contributed by atoms with Gasteiger partial charge in [-0.3, -0.25) is 0 Å². The Bertz CT molecular complexity index is 3630. The van der Waals surface area contributed by atoms with Gasteiger partial charge in [-0.1, -0.05) is 231 Å². The van der Waals surface area contributed by atoms with Crippen LogP contribution in [0.2, 0.25) is 0 Å². The van der Waals surface area contributed by atoms with Gasteiger partial charge in [0.15, 0.2) is 0 Å². The molecule has 0 unspecified atom stereocenters. The van der Waals surface area contributed by atoms with Crippen molar-refractivity contribution in [1.82, 2.24) is 4.57 Å². The number of hydrogen-bond donors (Lipinski definition) is 0. The molecule has 0 spiro atoms. The van der Waals surface area contributed by atoms with Crippen molar-refractivity contribution in [1.29, 1.82) is 0 Å². The van der Waals surface area contributed by atoms with Gasteiger partial charge in [-0.15, -0.1) is 0 Å². The average molecular weight is 867 g/mol. The highest BCUT2D eigenvalue weighted by atomic mass is 15.1. The van der Waals surface area contributed by atoms with E-state index in [1.165, 1.54) is 55.2 Å². The molecule has 0 saturated carbocycles. The van der Waals surface area contributed by atoms with Crippen molar-refractivity contribution in [3.63, 3.8) is 0 Å². The molecule has 12 rings (SSSR count). The van der Waals surface area contributed by atoms with E-state index in [9.17, 15) is 0 Å². The Hall–Kier alpha value is -8.98. The van der Waals surface area contributed by atoms with Crippen LogP contribution in [0.1, 0.15) is 0 Å². The zero-order valence-electron chi connectivity index (χ0n) is 37.5. The van der Waals surface area contributed by atoms with Crippen molar-refractivity contribution in [2.75, 3.05) is 4.90 Å². The molecule has 0 aliphatic carbocycles. The van der Waals surface area contributed by atoms with Crippen LogP contribution in [0.25, 0.3) is 94.3 Å². The molecule has 320 valence electrons. The van der Waals surface area contributed by atoms with Crippen molar-refractivity contribution in [3.05, 3.63) is 279 Å². The maximum absolute atomic E-state index is 2.44. The largest absolute Gasteiger partial charge is 0.310 e. The second-order valence-corrected chi connectivity index (χ2v) is 17.3. The predicted octanol–water partition coefficient (Wildman–Crippen LogP) is 18.3. The molecule has 2 nitrogen and oxygen atoms in total. The van der Waals surface area contributed by atoms with Gasteiger partial charge in [-0.2, -0.15) is 0 Å². The summed E-state index contributed by atoms with van der Waals surface area (Å²) in [6.07, 6.45) is 0. The van der Waals surface area contributed by atoms with Crippen LogP contribution in [0.5, 0.6) is 0 Å². The summed E-state index contributed by atoms with van der Waals surface area (Å²) >= 11 is 0. The minimum absolute atomic E-state index is 1.06. The van der Waals surface area contributed by atoms with Crippen LogP contribution in [0.3, 0.4) is 0 Å². The summed E-state index contributed by atoms with van der Waals surface area (Å²) < 4.78 is 2.44. The van der Waals surface area contributed by atoms with Crippen LogP contribution >= 0.6 is 0 Å². The molecule has 68 heavy (non-hydrogen) atoms.